The summed E-state index contributed by atoms with van der Waals surface area (Å²) in [4.78, 5) is 11.2. The molecular weight excluding hydrogens is 180 g/mol. The summed E-state index contributed by atoms with van der Waals surface area (Å²) >= 11 is 0. The van der Waals surface area contributed by atoms with Gasteiger partial charge in [0.1, 0.15) is 6.10 Å². The third-order valence-corrected chi connectivity index (χ3v) is 3.21. The molecule has 1 amide bonds. The zero-order chi connectivity index (χ0) is 10.8. The molecule has 0 aromatic heterocycles. The Hall–Kier alpha value is -0.610. The monoisotopic (exact) mass is 200 g/mol. The van der Waals surface area contributed by atoms with Crippen LogP contribution in [0.3, 0.4) is 0 Å². The molecule has 1 heterocycles. The minimum Gasteiger partial charge on any atom is -0.384 e. The van der Waals surface area contributed by atoms with Crippen molar-refractivity contribution >= 4 is 5.91 Å². The summed E-state index contributed by atoms with van der Waals surface area (Å²) in [5.41, 5.74) is 0.116. The van der Waals surface area contributed by atoms with Crippen LogP contribution >= 0.6 is 0 Å². The lowest BCUT2D eigenvalue weighted by atomic mass is 9.81. The largest absolute Gasteiger partial charge is 0.384 e. The molecule has 4 heteroatoms. The van der Waals surface area contributed by atoms with E-state index in [-0.39, 0.29) is 11.3 Å². The maximum atomic E-state index is 11.2. The van der Waals surface area contributed by atoms with Gasteiger partial charge in [-0.15, -0.1) is 0 Å². The summed E-state index contributed by atoms with van der Waals surface area (Å²) in [5.74, 6) is 0.266. The summed E-state index contributed by atoms with van der Waals surface area (Å²) < 4.78 is 0. The Bertz CT molecular complexity index is 218. The van der Waals surface area contributed by atoms with E-state index in [1.807, 2.05) is 0 Å². The van der Waals surface area contributed by atoms with Gasteiger partial charge in [-0.2, -0.15) is 0 Å². The van der Waals surface area contributed by atoms with Crippen molar-refractivity contribution in [3.8, 4) is 0 Å². The molecule has 1 rings (SSSR count). The molecule has 82 valence electrons. The van der Waals surface area contributed by atoms with Gasteiger partial charge in [-0.3, -0.25) is 4.79 Å². The van der Waals surface area contributed by atoms with Crippen molar-refractivity contribution in [1.82, 2.24) is 10.6 Å². The van der Waals surface area contributed by atoms with E-state index in [2.05, 4.69) is 24.5 Å². The van der Waals surface area contributed by atoms with Crippen LogP contribution in [0.25, 0.3) is 0 Å². The Balaban J connectivity index is 2.40. The molecule has 0 saturated carbocycles. The standard InChI is InChI=1S/C10H20N2O2/c1-7-4-11-5-10(7,3)6-12-9(14)8(2)13/h7-8,11,13H,4-6H2,1-3H3,(H,12,14). The number of rotatable bonds is 3. The topological polar surface area (TPSA) is 61.4 Å². The second-order valence-electron chi connectivity index (χ2n) is 4.58. The molecule has 0 aromatic rings. The van der Waals surface area contributed by atoms with Gasteiger partial charge in [0, 0.05) is 18.5 Å². The SMILES string of the molecule is CC(O)C(=O)NCC1(C)CNCC1C. The van der Waals surface area contributed by atoms with Crippen LogP contribution in [0.15, 0.2) is 0 Å². The number of nitrogens with one attached hydrogen (secondary N) is 2. The van der Waals surface area contributed by atoms with Crippen LogP contribution < -0.4 is 10.6 Å². The van der Waals surface area contributed by atoms with Crippen molar-refractivity contribution in [2.75, 3.05) is 19.6 Å². The van der Waals surface area contributed by atoms with Crippen LogP contribution in [0.2, 0.25) is 0 Å². The number of aliphatic hydroxyl groups is 1. The highest BCUT2D eigenvalue weighted by Crippen LogP contribution is 2.29. The van der Waals surface area contributed by atoms with E-state index in [1.165, 1.54) is 6.92 Å². The van der Waals surface area contributed by atoms with Gasteiger partial charge in [0.25, 0.3) is 0 Å². The Labute approximate surface area is 85.1 Å². The van der Waals surface area contributed by atoms with Crippen LogP contribution in [0.1, 0.15) is 20.8 Å². The summed E-state index contributed by atoms with van der Waals surface area (Å²) in [6.45, 7) is 8.36. The molecule has 0 spiro atoms. The number of carbonyl (C=O) groups excluding carboxylic acids is 1. The number of aliphatic hydroxyl groups excluding tert-OH is 1. The fraction of sp³-hybridized carbons (Fsp3) is 0.900. The van der Waals surface area contributed by atoms with E-state index < -0.39 is 6.10 Å². The highest BCUT2D eigenvalue weighted by molar-refractivity contribution is 5.79. The average molecular weight is 200 g/mol. The molecule has 1 saturated heterocycles. The molecule has 0 aromatic carbocycles. The first kappa shape index (κ1) is 11.5. The lowest BCUT2D eigenvalue weighted by Gasteiger charge is -2.28. The van der Waals surface area contributed by atoms with Crippen molar-refractivity contribution in [3.05, 3.63) is 0 Å². The van der Waals surface area contributed by atoms with Gasteiger partial charge in [0.05, 0.1) is 0 Å². The fourth-order valence-corrected chi connectivity index (χ4v) is 1.67. The molecule has 4 nitrogen and oxygen atoms in total. The molecule has 3 N–H and O–H groups in total. The third-order valence-electron chi connectivity index (χ3n) is 3.21. The zero-order valence-electron chi connectivity index (χ0n) is 9.13. The van der Waals surface area contributed by atoms with Gasteiger partial charge < -0.3 is 15.7 Å². The lowest BCUT2D eigenvalue weighted by Crippen LogP contribution is -2.43. The Morgan fingerprint density at radius 3 is 2.86 bits per heavy atom. The van der Waals surface area contributed by atoms with Gasteiger partial charge >= 0.3 is 0 Å². The molecular formula is C10H20N2O2. The van der Waals surface area contributed by atoms with Crippen molar-refractivity contribution in [2.45, 2.75) is 26.9 Å². The average Bonchev–Trinajstić information content (AvgIpc) is 2.44. The highest BCUT2D eigenvalue weighted by Gasteiger charge is 2.35. The summed E-state index contributed by atoms with van der Waals surface area (Å²) in [7, 11) is 0. The highest BCUT2D eigenvalue weighted by atomic mass is 16.3. The number of hydrogen-bond acceptors (Lipinski definition) is 3. The molecule has 14 heavy (non-hydrogen) atoms. The Morgan fingerprint density at radius 2 is 2.43 bits per heavy atom. The lowest BCUT2D eigenvalue weighted by molar-refractivity contribution is -0.129. The van der Waals surface area contributed by atoms with E-state index in [9.17, 15) is 4.79 Å². The van der Waals surface area contributed by atoms with E-state index in [0.717, 1.165) is 13.1 Å². The first-order valence-corrected chi connectivity index (χ1v) is 5.12. The van der Waals surface area contributed by atoms with Gasteiger partial charge in [-0.25, -0.2) is 0 Å². The summed E-state index contributed by atoms with van der Waals surface area (Å²) in [5, 5.41) is 15.1. The van der Waals surface area contributed by atoms with Crippen molar-refractivity contribution in [3.63, 3.8) is 0 Å². The molecule has 0 radical (unpaired) electrons. The third kappa shape index (κ3) is 2.45. The van der Waals surface area contributed by atoms with E-state index in [4.69, 9.17) is 5.11 Å². The summed E-state index contributed by atoms with van der Waals surface area (Å²) in [6, 6.07) is 0. The van der Waals surface area contributed by atoms with Crippen LogP contribution in [0, 0.1) is 11.3 Å². The second-order valence-corrected chi connectivity index (χ2v) is 4.58. The maximum absolute atomic E-state index is 11.2. The number of hydrogen-bond donors (Lipinski definition) is 3. The molecule has 1 fully saturated rings. The van der Waals surface area contributed by atoms with Gasteiger partial charge in [-0.1, -0.05) is 13.8 Å². The van der Waals surface area contributed by atoms with Crippen molar-refractivity contribution < 1.29 is 9.90 Å². The van der Waals surface area contributed by atoms with Gasteiger partial charge in [0.15, 0.2) is 0 Å². The minimum atomic E-state index is -0.914. The van der Waals surface area contributed by atoms with Gasteiger partial charge in [-0.05, 0) is 19.4 Å². The molecule has 3 unspecified atom stereocenters. The van der Waals surface area contributed by atoms with E-state index >= 15 is 0 Å². The zero-order valence-corrected chi connectivity index (χ0v) is 9.13. The summed E-state index contributed by atoms with van der Waals surface area (Å²) in [6.07, 6.45) is -0.914. The first-order chi connectivity index (χ1) is 6.46. The minimum absolute atomic E-state index is 0.116. The van der Waals surface area contributed by atoms with Crippen LogP contribution in [0.5, 0.6) is 0 Å². The van der Waals surface area contributed by atoms with E-state index in [0.29, 0.717) is 12.5 Å². The molecule has 1 aliphatic heterocycles. The van der Waals surface area contributed by atoms with Crippen LogP contribution in [0.4, 0.5) is 0 Å². The molecule has 0 aliphatic carbocycles. The predicted molar refractivity (Wildman–Crippen MR) is 54.8 cm³/mol. The Morgan fingerprint density at radius 1 is 1.79 bits per heavy atom. The van der Waals surface area contributed by atoms with Crippen LogP contribution in [-0.2, 0) is 4.79 Å². The Kier molecular flexibility index (Phi) is 3.50. The van der Waals surface area contributed by atoms with Crippen molar-refractivity contribution in [1.29, 1.82) is 0 Å². The number of amides is 1. The smallest absolute Gasteiger partial charge is 0.248 e. The maximum Gasteiger partial charge on any atom is 0.248 e. The van der Waals surface area contributed by atoms with Crippen LogP contribution in [-0.4, -0.2) is 36.8 Å². The van der Waals surface area contributed by atoms with Gasteiger partial charge in [0.2, 0.25) is 5.91 Å². The second kappa shape index (κ2) is 4.28. The van der Waals surface area contributed by atoms with E-state index in [1.54, 1.807) is 0 Å². The molecule has 0 bridgehead atoms. The quantitative estimate of drug-likeness (QED) is 0.587. The fourth-order valence-electron chi connectivity index (χ4n) is 1.67. The van der Waals surface area contributed by atoms with Crippen molar-refractivity contribution in [2.24, 2.45) is 11.3 Å². The molecule has 3 atom stereocenters. The first-order valence-electron chi connectivity index (χ1n) is 5.12. The molecule has 1 aliphatic rings. The normalized spacial score (nSPS) is 34.1. The predicted octanol–water partition coefficient (Wildman–Crippen LogP) is -0.271. The number of carbonyl (C=O) groups is 1.